The standard InChI is InChI=1S/C31H48N6/c1-9-22(5)24(7)19-27(23(6)10-2)31-30(21(3)4)28-20-26(11-12-29(28)34-31)25-13-16-37(17-14-25)18-15-33-36-35-32-8/h10-12,19-22,25,33-36H,2,8-9,13-18H2,1,3-7H3/b24-19-,27-23+. The maximum absolute atomic E-state index is 4.10. The summed E-state index contributed by atoms with van der Waals surface area (Å²) in [5.74, 6) is 1.58. The predicted molar refractivity (Wildman–Crippen MR) is 161 cm³/mol. The van der Waals surface area contributed by atoms with Gasteiger partial charge in [0, 0.05) is 36.3 Å². The Morgan fingerprint density at radius 1 is 1.22 bits per heavy atom. The number of likely N-dealkylation sites (tertiary alicyclic amines) is 1. The number of piperidine rings is 1. The van der Waals surface area contributed by atoms with Gasteiger partial charge in [0.25, 0.3) is 0 Å². The summed E-state index contributed by atoms with van der Waals surface area (Å²) >= 11 is 0. The quantitative estimate of drug-likeness (QED) is 0.107. The molecule has 37 heavy (non-hydrogen) atoms. The number of fused-ring (bicyclic) bond motifs is 1. The molecular formula is C31H48N6. The number of benzene rings is 1. The van der Waals surface area contributed by atoms with Crippen LogP contribution in [-0.2, 0) is 0 Å². The Morgan fingerprint density at radius 2 is 1.95 bits per heavy atom. The summed E-state index contributed by atoms with van der Waals surface area (Å²) in [6, 6.07) is 7.11. The van der Waals surface area contributed by atoms with E-state index in [-0.39, 0.29) is 0 Å². The third kappa shape index (κ3) is 7.22. The monoisotopic (exact) mass is 504 g/mol. The molecular weight excluding hydrogens is 456 g/mol. The number of rotatable bonds is 13. The fraction of sp³-hybridized carbons (Fsp3) is 0.516. The molecule has 0 aliphatic carbocycles. The Hall–Kier alpha value is -2.67. The Bertz CT molecular complexity index is 1110. The van der Waals surface area contributed by atoms with Gasteiger partial charge in [0.15, 0.2) is 0 Å². The first-order valence-corrected chi connectivity index (χ1v) is 13.9. The van der Waals surface area contributed by atoms with Gasteiger partial charge in [-0.2, -0.15) is 10.6 Å². The Balaban J connectivity index is 1.86. The lowest BCUT2D eigenvalue weighted by atomic mass is 9.87. The minimum absolute atomic E-state index is 0.414. The van der Waals surface area contributed by atoms with Crippen LogP contribution in [0.3, 0.4) is 0 Å². The smallest absolute Gasteiger partial charge is 0.0502 e. The highest BCUT2D eigenvalue weighted by atomic mass is 15.7. The molecule has 1 aliphatic heterocycles. The number of aromatic nitrogens is 1. The van der Waals surface area contributed by atoms with Gasteiger partial charge in [0.2, 0.25) is 0 Å². The number of H-pyrrole nitrogens is 1. The molecule has 202 valence electrons. The van der Waals surface area contributed by atoms with Crippen molar-refractivity contribution in [3.05, 3.63) is 64.9 Å². The zero-order chi connectivity index (χ0) is 26.9. The molecule has 0 amide bonds. The molecule has 2 heterocycles. The lowest BCUT2D eigenvalue weighted by molar-refractivity contribution is 0.208. The number of nitrogens with zero attached hydrogens (tertiary/aromatic N) is 2. The number of aromatic amines is 1. The van der Waals surface area contributed by atoms with Crippen molar-refractivity contribution in [2.24, 2.45) is 11.0 Å². The summed E-state index contributed by atoms with van der Waals surface area (Å²) in [5, 5.41) is 4.92. The van der Waals surface area contributed by atoms with E-state index in [1.807, 2.05) is 6.08 Å². The molecule has 1 aromatic heterocycles. The summed E-state index contributed by atoms with van der Waals surface area (Å²) in [6.45, 7) is 25.2. The van der Waals surface area contributed by atoms with Crippen molar-refractivity contribution in [3.63, 3.8) is 0 Å². The van der Waals surface area contributed by atoms with Crippen molar-refractivity contribution in [3.8, 4) is 0 Å². The molecule has 0 spiro atoms. The van der Waals surface area contributed by atoms with Gasteiger partial charge in [-0.1, -0.05) is 58.1 Å². The highest BCUT2D eigenvalue weighted by molar-refractivity contribution is 5.93. The van der Waals surface area contributed by atoms with E-state index in [1.165, 1.54) is 57.3 Å². The molecule has 6 nitrogen and oxygen atoms in total. The number of nitrogens with one attached hydrogen (secondary N) is 4. The van der Waals surface area contributed by atoms with Gasteiger partial charge in [-0.05, 0) is 92.8 Å². The van der Waals surface area contributed by atoms with E-state index in [9.17, 15) is 0 Å². The highest BCUT2D eigenvalue weighted by Crippen LogP contribution is 2.38. The summed E-state index contributed by atoms with van der Waals surface area (Å²) in [5.41, 5.74) is 17.8. The first-order valence-electron chi connectivity index (χ1n) is 13.9. The van der Waals surface area contributed by atoms with Crippen LogP contribution >= 0.6 is 0 Å². The van der Waals surface area contributed by atoms with E-state index in [4.69, 9.17) is 0 Å². The fourth-order valence-electron chi connectivity index (χ4n) is 5.33. The molecule has 1 aliphatic rings. The molecule has 1 atom stereocenters. The van der Waals surface area contributed by atoms with E-state index in [0.29, 0.717) is 17.8 Å². The third-order valence-electron chi connectivity index (χ3n) is 8.04. The van der Waals surface area contributed by atoms with Gasteiger partial charge < -0.3 is 9.88 Å². The number of hydrazone groups is 1. The topological polar surface area (TPSA) is 67.5 Å². The molecule has 1 aromatic carbocycles. The Morgan fingerprint density at radius 3 is 2.57 bits per heavy atom. The lowest BCUT2D eigenvalue weighted by Gasteiger charge is -2.32. The van der Waals surface area contributed by atoms with Crippen molar-refractivity contribution in [1.82, 2.24) is 26.4 Å². The molecule has 3 rings (SSSR count). The minimum atomic E-state index is 0.414. The third-order valence-corrected chi connectivity index (χ3v) is 8.04. The SMILES string of the molecule is C=C/C(C)=C(\C=C(\C)C(C)CC)c1[nH]c2ccc(C3CCN(CCNNNN=C)CC3)cc2c1C(C)C. The fourth-order valence-corrected chi connectivity index (χ4v) is 5.33. The second-order valence-electron chi connectivity index (χ2n) is 10.8. The predicted octanol–water partition coefficient (Wildman–Crippen LogP) is 6.64. The van der Waals surface area contributed by atoms with Crippen LogP contribution in [0.1, 0.15) is 89.5 Å². The summed E-state index contributed by atoms with van der Waals surface area (Å²) in [7, 11) is 0. The van der Waals surface area contributed by atoms with Crippen molar-refractivity contribution in [2.45, 2.75) is 72.6 Å². The van der Waals surface area contributed by atoms with Crippen molar-refractivity contribution >= 4 is 23.2 Å². The molecule has 2 aromatic rings. The number of hydrogen-bond donors (Lipinski definition) is 4. The number of hydrazine groups is 2. The van der Waals surface area contributed by atoms with E-state index >= 15 is 0 Å². The van der Waals surface area contributed by atoms with E-state index in [1.54, 1.807) is 0 Å². The van der Waals surface area contributed by atoms with Gasteiger partial charge in [0.05, 0.1) is 5.69 Å². The molecule has 0 bridgehead atoms. The van der Waals surface area contributed by atoms with Crippen molar-refractivity contribution in [2.75, 3.05) is 26.2 Å². The van der Waals surface area contributed by atoms with Gasteiger partial charge in [-0.25, -0.2) is 11.0 Å². The maximum Gasteiger partial charge on any atom is 0.0502 e. The van der Waals surface area contributed by atoms with Gasteiger partial charge in [0.1, 0.15) is 0 Å². The van der Waals surface area contributed by atoms with E-state index in [0.717, 1.165) is 32.6 Å². The van der Waals surface area contributed by atoms with Crippen LogP contribution in [0.25, 0.3) is 16.5 Å². The summed E-state index contributed by atoms with van der Waals surface area (Å²) < 4.78 is 0. The van der Waals surface area contributed by atoms with E-state index in [2.05, 4.69) is 111 Å². The molecule has 0 saturated carbocycles. The Kier molecular flexibility index (Phi) is 10.7. The van der Waals surface area contributed by atoms with Crippen LogP contribution in [0.4, 0.5) is 0 Å². The first-order chi connectivity index (χ1) is 17.8. The molecule has 4 N–H and O–H groups in total. The average Bonchev–Trinajstić information content (AvgIpc) is 3.29. The summed E-state index contributed by atoms with van der Waals surface area (Å²) in [4.78, 5) is 6.34. The van der Waals surface area contributed by atoms with Crippen LogP contribution < -0.4 is 16.5 Å². The minimum Gasteiger partial charge on any atom is -0.354 e. The van der Waals surface area contributed by atoms with Gasteiger partial charge >= 0.3 is 0 Å². The van der Waals surface area contributed by atoms with Crippen LogP contribution in [-0.4, -0.2) is 42.8 Å². The van der Waals surface area contributed by atoms with Crippen molar-refractivity contribution in [1.29, 1.82) is 0 Å². The summed E-state index contributed by atoms with van der Waals surface area (Å²) in [6.07, 6.45) is 7.90. The second-order valence-corrected chi connectivity index (χ2v) is 10.8. The van der Waals surface area contributed by atoms with Crippen LogP contribution in [0.2, 0.25) is 0 Å². The van der Waals surface area contributed by atoms with Crippen LogP contribution in [0, 0.1) is 5.92 Å². The Labute approximate surface area is 224 Å². The first kappa shape index (κ1) is 28.9. The molecule has 1 saturated heterocycles. The second kappa shape index (κ2) is 13.8. The van der Waals surface area contributed by atoms with E-state index < -0.39 is 0 Å². The molecule has 1 fully saturated rings. The average molecular weight is 505 g/mol. The maximum atomic E-state index is 4.10. The zero-order valence-corrected chi connectivity index (χ0v) is 23.9. The van der Waals surface area contributed by atoms with Crippen LogP contribution in [0.15, 0.2) is 53.2 Å². The molecule has 1 unspecified atom stereocenters. The van der Waals surface area contributed by atoms with Gasteiger partial charge in [-0.3, -0.25) is 0 Å². The van der Waals surface area contributed by atoms with Gasteiger partial charge in [-0.15, -0.1) is 0 Å². The lowest BCUT2D eigenvalue weighted by Crippen LogP contribution is -2.45. The zero-order valence-electron chi connectivity index (χ0n) is 23.9. The van der Waals surface area contributed by atoms with Crippen LogP contribution in [0.5, 0.6) is 0 Å². The normalized spacial score (nSPS) is 17.2. The number of hydrogen-bond acceptors (Lipinski definition) is 5. The van der Waals surface area contributed by atoms with Crippen molar-refractivity contribution < 1.29 is 0 Å². The number of allylic oxidation sites excluding steroid dienone is 5. The highest BCUT2D eigenvalue weighted by Gasteiger charge is 2.23. The largest absolute Gasteiger partial charge is 0.354 e. The molecule has 6 heteroatoms. The molecule has 0 radical (unpaired) electrons.